The van der Waals surface area contributed by atoms with Crippen molar-refractivity contribution in [2.24, 2.45) is 28.6 Å². The Morgan fingerprint density at radius 3 is 2.57 bits per heavy atom. The Labute approximate surface area is 167 Å². The Morgan fingerprint density at radius 2 is 1.82 bits per heavy atom. The molecule has 154 valence electrons. The highest BCUT2D eigenvalue weighted by Gasteiger charge is 2.67. The third kappa shape index (κ3) is 2.40. The maximum Gasteiger partial charge on any atom is 0.247 e. The molecule has 0 saturated heterocycles. The number of rotatable bonds is 1. The number of nitrogens with one attached hydrogen (secondary N) is 1. The van der Waals surface area contributed by atoms with Crippen LogP contribution in [0.15, 0.2) is 23.1 Å². The van der Waals surface area contributed by atoms with Gasteiger partial charge in [0.1, 0.15) is 0 Å². The van der Waals surface area contributed by atoms with Crippen LogP contribution in [0.4, 0.5) is 0 Å². The highest BCUT2D eigenvalue weighted by molar-refractivity contribution is 5.27. The fraction of sp³-hybridized carbons (Fsp3) is 0.792. The first-order chi connectivity index (χ1) is 13.3. The average molecular weight is 386 g/mol. The number of aromatic amines is 1. The van der Waals surface area contributed by atoms with Crippen LogP contribution in [-0.2, 0) is 0 Å². The molecule has 4 saturated carbocycles. The molecule has 4 heteroatoms. The SMILES string of the molecule is C[C@]12CC[C@H](O)C[C@H]1CC[C@@H]1[C@@H]2CC[C@]2(C)[C@@H](c3ccc(=O)[nH]c3)CC[C@]12O. The van der Waals surface area contributed by atoms with Gasteiger partial charge in [0, 0.05) is 17.7 Å². The lowest BCUT2D eigenvalue weighted by Gasteiger charge is -2.63. The van der Waals surface area contributed by atoms with Gasteiger partial charge in [-0.1, -0.05) is 19.9 Å². The van der Waals surface area contributed by atoms with E-state index in [4.69, 9.17) is 0 Å². The molecule has 0 unspecified atom stereocenters. The standard InChI is InChI=1S/C24H35NO3/c1-22-10-7-17(26)13-16(22)4-5-20-19(22)8-11-23(2)18(9-12-24(20,23)28)15-3-6-21(27)25-14-15/h3,6,14,16-20,26,28H,4-5,7-13H2,1-2H3,(H,25,27)/t16-,17+,18-,19+,20-,22+,23-,24+/m1/s1. The number of hydrogen-bond acceptors (Lipinski definition) is 3. The van der Waals surface area contributed by atoms with Gasteiger partial charge in [-0.15, -0.1) is 0 Å². The molecule has 8 atom stereocenters. The zero-order chi connectivity index (χ0) is 19.7. The zero-order valence-electron chi connectivity index (χ0n) is 17.3. The first-order valence-electron chi connectivity index (χ1n) is 11.4. The van der Waals surface area contributed by atoms with E-state index in [2.05, 4.69) is 18.8 Å². The minimum atomic E-state index is -0.610. The normalized spacial score (nSPS) is 50.5. The van der Waals surface area contributed by atoms with E-state index in [0.717, 1.165) is 51.4 Å². The van der Waals surface area contributed by atoms with E-state index in [1.807, 2.05) is 12.3 Å². The molecule has 4 aliphatic carbocycles. The van der Waals surface area contributed by atoms with Gasteiger partial charge in [0.25, 0.3) is 0 Å². The number of H-pyrrole nitrogens is 1. The van der Waals surface area contributed by atoms with Crippen LogP contribution in [0.25, 0.3) is 0 Å². The third-order valence-electron chi connectivity index (χ3n) is 10.0. The monoisotopic (exact) mass is 385 g/mol. The van der Waals surface area contributed by atoms with Crippen molar-refractivity contribution in [1.82, 2.24) is 4.98 Å². The van der Waals surface area contributed by atoms with Crippen LogP contribution < -0.4 is 5.56 Å². The molecule has 0 aliphatic heterocycles. The summed E-state index contributed by atoms with van der Waals surface area (Å²) in [5, 5.41) is 22.4. The lowest BCUT2D eigenvalue weighted by Crippen LogP contribution is -2.62. The Hall–Kier alpha value is -1.13. The molecule has 5 rings (SSSR count). The molecule has 0 aromatic carbocycles. The minimum Gasteiger partial charge on any atom is -0.393 e. The van der Waals surface area contributed by atoms with Crippen molar-refractivity contribution in [3.63, 3.8) is 0 Å². The summed E-state index contributed by atoms with van der Waals surface area (Å²) in [6.07, 6.45) is 11.1. The molecule has 0 radical (unpaired) electrons. The smallest absolute Gasteiger partial charge is 0.247 e. The van der Waals surface area contributed by atoms with Crippen LogP contribution in [0.2, 0.25) is 0 Å². The van der Waals surface area contributed by atoms with Gasteiger partial charge < -0.3 is 15.2 Å². The summed E-state index contributed by atoms with van der Waals surface area (Å²) < 4.78 is 0. The molecule has 0 bridgehead atoms. The van der Waals surface area contributed by atoms with Crippen LogP contribution in [0.3, 0.4) is 0 Å². The molecular formula is C24H35NO3. The van der Waals surface area contributed by atoms with E-state index in [-0.39, 0.29) is 22.5 Å². The fourth-order valence-electron chi connectivity index (χ4n) is 8.38. The summed E-state index contributed by atoms with van der Waals surface area (Å²) in [6, 6.07) is 3.59. The van der Waals surface area contributed by atoms with Gasteiger partial charge in [-0.3, -0.25) is 4.79 Å². The molecule has 1 heterocycles. The van der Waals surface area contributed by atoms with E-state index < -0.39 is 5.60 Å². The van der Waals surface area contributed by atoms with E-state index >= 15 is 0 Å². The van der Waals surface area contributed by atoms with Crippen molar-refractivity contribution in [1.29, 1.82) is 0 Å². The molecule has 3 N–H and O–H groups in total. The first-order valence-corrected chi connectivity index (χ1v) is 11.4. The highest BCUT2D eigenvalue weighted by Crippen LogP contribution is 2.70. The number of fused-ring (bicyclic) bond motifs is 5. The van der Waals surface area contributed by atoms with Crippen molar-refractivity contribution in [3.8, 4) is 0 Å². The van der Waals surface area contributed by atoms with E-state index in [9.17, 15) is 15.0 Å². The van der Waals surface area contributed by atoms with E-state index in [0.29, 0.717) is 23.7 Å². The van der Waals surface area contributed by atoms with Crippen LogP contribution >= 0.6 is 0 Å². The maximum atomic E-state index is 12.2. The molecule has 4 nitrogen and oxygen atoms in total. The zero-order valence-corrected chi connectivity index (χ0v) is 17.3. The van der Waals surface area contributed by atoms with Crippen molar-refractivity contribution in [2.45, 2.75) is 89.3 Å². The van der Waals surface area contributed by atoms with Gasteiger partial charge >= 0.3 is 0 Å². The summed E-state index contributed by atoms with van der Waals surface area (Å²) in [5.74, 6) is 1.87. The predicted octanol–water partition coefficient (Wildman–Crippen LogP) is 3.98. The minimum absolute atomic E-state index is 0.0587. The van der Waals surface area contributed by atoms with Crippen molar-refractivity contribution in [2.75, 3.05) is 0 Å². The quantitative estimate of drug-likeness (QED) is 0.685. The molecule has 0 spiro atoms. The Balaban J connectivity index is 1.48. The third-order valence-corrected chi connectivity index (χ3v) is 10.0. The molecule has 4 aliphatic rings. The molecule has 4 fully saturated rings. The van der Waals surface area contributed by atoms with Crippen molar-refractivity contribution in [3.05, 3.63) is 34.2 Å². The number of pyridine rings is 1. The summed E-state index contributed by atoms with van der Waals surface area (Å²) >= 11 is 0. The van der Waals surface area contributed by atoms with Crippen LogP contribution in [0.1, 0.15) is 83.1 Å². The molecular weight excluding hydrogens is 350 g/mol. The number of hydrogen-bond donors (Lipinski definition) is 3. The van der Waals surface area contributed by atoms with Crippen LogP contribution in [0.5, 0.6) is 0 Å². The number of aliphatic hydroxyl groups is 2. The van der Waals surface area contributed by atoms with Gasteiger partial charge in [-0.2, -0.15) is 0 Å². The fourth-order valence-corrected chi connectivity index (χ4v) is 8.38. The van der Waals surface area contributed by atoms with Crippen molar-refractivity contribution < 1.29 is 10.2 Å². The summed E-state index contributed by atoms with van der Waals surface area (Å²) in [4.78, 5) is 14.4. The molecule has 1 aromatic rings. The second-order valence-corrected chi connectivity index (χ2v) is 10.9. The Morgan fingerprint density at radius 1 is 1.00 bits per heavy atom. The summed E-state index contributed by atoms with van der Waals surface area (Å²) in [6.45, 7) is 4.77. The van der Waals surface area contributed by atoms with Crippen LogP contribution in [0, 0.1) is 28.6 Å². The largest absolute Gasteiger partial charge is 0.393 e. The second kappa shape index (κ2) is 6.18. The number of aromatic nitrogens is 1. The van der Waals surface area contributed by atoms with Gasteiger partial charge in [0.05, 0.1) is 11.7 Å². The predicted molar refractivity (Wildman–Crippen MR) is 109 cm³/mol. The average Bonchev–Trinajstić information content (AvgIpc) is 2.95. The summed E-state index contributed by atoms with van der Waals surface area (Å²) in [7, 11) is 0. The van der Waals surface area contributed by atoms with E-state index in [1.54, 1.807) is 6.07 Å². The van der Waals surface area contributed by atoms with Crippen LogP contribution in [-0.4, -0.2) is 26.9 Å². The van der Waals surface area contributed by atoms with Gasteiger partial charge in [0.2, 0.25) is 5.56 Å². The molecule has 28 heavy (non-hydrogen) atoms. The second-order valence-electron chi connectivity index (χ2n) is 10.9. The first kappa shape index (κ1) is 18.9. The van der Waals surface area contributed by atoms with Gasteiger partial charge in [-0.05, 0) is 92.4 Å². The highest BCUT2D eigenvalue weighted by atomic mass is 16.3. The van der Waals surface area contributed by atoms with Gasteiger partial charge in [-0.25, -0.2) is 0 Å². The lowest BCUT2D eigenvalue weighted by atomic mass is 9.43. The topological polar surface area (TPSA) is 73.3 Å². The lowest BCUT2D eigenvalue weighted by molar-refractivity contribution is -0.205. The molecule has 1 aromatic heterocycles. The maximum absolute atomic E-state index is 12.2. The Bertz CT molecular complexity index is 800. The van der Waals surface area contributed by atoms with Gasteiger partial charge in [0.15, 0.2) is 0 Å². The van der Waals surface area contributed by atoms with Crippen molar-refractivity contribution >= 4 is 0 Å². The Kier molecular flexibility index (Phi) is 4.17. The van der Waals surface area contributed by atoms with E-state index in [1.165, 1.54) is 12.0 Å². The number of aliphatic hydroxyl groups excluding tert-OH is 1. The summed E-state index contributed by atoms with van der Waals surface area (Å²) in [5.41, 5.74) is 0.661. The molecule has 0 amide bonds.